The highest BCUT2D eigenvalue weighted by atomic mass is 19.4. The van der Waals surface area contributed by atoms with Crippen LogP contribution in [-0.2, 0) is 12.7 Å². The molecule has 0 saturated carbocycles. The van der Waals surface area contributed by atoms with Gasteiger partial charge in [0.15, 0.2) is 0 Å². The first-order chi connectivity index (χ1) is 16.7. The molecule has 1 aromatic heterocycles. The zero-order valence-electron chi connectivity index (χ0n) is 18.7. The van der Waals surface area contributed by atoms with E-state index in [4.69, 9.17) is 0 Å². The summed E-state index contributed by atoms with van der Waals surface area (Å²) in [6.07, 6.45) is -1.08. The molecular weight excluding hydrogens is 457 g/mol. The SMILES string of the molecule is O=C(O)c1ccc2c(-c3ccccc3)cn(CCCCNC(=O)c3ccc(C(F)(F)F)cc3)c2c1. The van der Waals surface area contributed by atoms with Gasteiger partial charge in [-0.3, -0.25) is 4.79 Å². The quantitative estimate of drug-likeness (QED) is 0.294. The number of halogens is 3. The van der Waals surface area contributed by atoms with Gasteiger partial charge in [0.2, 0.25) is 0 Å². The molecule has 0 atom stereocenters. The van der Waals surface area contributed by atoms with Gasteiger partial charge in [-0.2, -0.15) is 13.2 Å². The molecule has 1 amide bonds. The zero-order chi connectivity index (χ0) is 25.0. The standard InChI is InChI=1S/C27H23F3N2O3/c28-27(29,30)21-11-8-19(9-12-21)25(33)31-14-4-5-15-32-17-23(18-6-2-1-3-7-18)22-13-10-20(26(34)35)16-24(22)32/h1-3,6-13,16-17H,4-5,14-15H2,(H,31,33)(H,34,35). The average molecular weight is 480 g/mol. The van der Waals surface area contributed by atoms with Gasteiger partial charge in [0.1, 0.15) is 0 Å². The van der Waals surface area contributed by atoms with Crippen molar-refractivity contribution in [1.29, 1.82) is 0 Å². The van der Waals surface area contributed by atoms with Crippen LogP contribution in [0.5, 0.6) is 0 Å². The molecule has 0 radical (unpaired) electrons. The van der Waals surface area contributed by atoms with Crippen LogP contribution in [0.4, 0.5) is 13.2 Å². The Labute approximate surface area is 199 Å². The Morgan fingerprint density at radius 1 is 0.886 bits per heavy atom. The van der Waals surface area contributed by atoms with E-state index in [1.807, 2.05) is 47.2 Å². The van der Waals surface area contributed by atoms with E-state index in [0.717, 1.165) is 46.3 Å². The Morgan fingerprint density at radius 3 is 2.23 bits per heavy atom. The first kappa shape index (κ1) is 24.1. The number of carbonyl (C=O) groups excluding carboxylic acids is 1. The molecule has 1 heterocycles. The van der Waals surface area contributed by atoms with Crippen LogP contribution in [-0.4, -0.2) is 28.1 Å². The molecule has 8 heteroatoms. The summed E-state index contributed by atoms with van der Waals surface area (Å²) in [6.45, 7) is 0.980. The second kappa shape index (κ2) is 10.0. The Balaban J connectivity index is 1.40. The molecule has 0 aliphatic rings. The Hall–Kier alpha value is -4.07. The molecule has 180 valence electrons. The number of nitrogens with one attached hydrogen (secondary N) is 1. The van der Waals surface area contributed by atoms with Crippen molar-refractivity contribution in [3.63, 3.8) is 0 Å². The van der Waals surface area contributed by atoms with Crippen molar-refractivity contribution >= 4 is 22.8 Å². The van der Waals surface area contributed by atoms with Crippen molar-refractivity contribution in [2.45, 2.75) is 25.6 Å². The molecule has 0 saturated heterocycles. The van der Waals surface area contributed by atoms with Gasteiger partial charge in [0, 0.05) is 41.3 Å². The number of amides is 1. The van der Waals surface area contributed by atoms with Crippen LogP contribution in [0, 0.1) is 0 Å². The minimum absolute atomic E-state index is 0.170. The summed E-state index contributed by atoms with van der Waals surface area (Å²) in [5.74, 6) is -1.42. The van der Waals surface area contributed by atoms with Gasteiger partial charge >= 0.3 is 12.1 Å². The number of rotatable bonds is 8. The van der Waals surface area contributed by atoms with Crippen molar-refractivity contribution in [3.8, 4) is 11.1 Å². The van der Waals surface area contributed by atoms with E-state index < -0.39 is 23.6 Å². The maximum Gasteiger partial charge on any atom is 0.416 e. The number of aryl methyl sites for hydroxylation is 1. The van der Waals surface area contributed by atoms with Crippen LogP contribution in [0.25, 0.3) is 22.0 Å². The van der Waals surface area contributed by atoms with E-state index in [1.54, 1.807) is 12.1 Å². The number of aromatic carboxylic acids is 1. The lowest BCUT2D eigenvalue weighted by Gasteiger charge is -2.09. The van der Waals surface area contributed by atoms with Crippen LogP contribution in [0.3, 0.4) is 0 Å². The molecule has 3 aromatic carbocycles. The smallest absolute Gasteiger partial charge is 0.416 e. The van der Waals surface area contributed by atoms with Gasteiger partial charge in [0.25, 0.3) is 5.91 Å². The fourth-order valence-corrected chi connectivity index (χ4v) is 3.98. The van der Waals surface area contributed by atoms with Crippen LogP contribution in [0.15, 0.2) is 79.0 Å². The predicted molar refractivity (Wildman–Crippen MR) is 127 cm³/mol. The molecule has 35 heavy (non-hydrogen) atoms. The van der Waals surface area contributed by atoms with Gasteiger partial charge in [-0.05, 0) is 54.8 Å². The number of hydrogen-bond donors (Lipinski definition) is 2. The minimum Gasteiger partial charge on any atom is -0.478 e. The number of carboxylic acids is 1. The third-order valence-electron chi connectivity index (χ3n) is 5.80. The normalized spacial score (nSPS) is 11.5. The number of aromatic nitrogens is 1. The maximum absolute atomic E-state index is 12.7. The van der Waals surface area contributed by atoms with Crippen LogP contribution < -0.4 is 5.32 Å². The number of hydrogen-bond acceptors (Lipinski definition) is 2. The second-order valence-electron chi connectivity index (χ2n) is 8.18. The molecule has 0 spiro atoms. The van der Waals surface area contributed by atoms with Gasteiger partial charge in [-0.25, -0.2) is 4.79 Å². The fraction of sp³-hybridized carbons (Fsp3) is 0.185. The lowest BCUT2D eigenvalue weighted by atomic mass is 10.0. The number of carboxylic acid groups (broad SMARTS) is 1. The molecule has 2 N–H and O–H groups in total. The number of nitrogens with zero attached hydrogens (tertiary/aromatic N) is 1. The van der Waals surface area contributed by atoms with E-state index in [-0.39, 0.29) is 11.1 Å². The average Bonchev–Trinajstić information content (AvgIpc) is 3.21. The molecule has 5 nitrogen and oxygen atoms in total. The molecule has 0 aliphatic carbocycles. The predicted octanol–water partition coefficient (Wildman–Crippen LogP) is 6.24. The number of unbranched alkanes of at least 4 members (excludes halogenated alkanes) is 1. The van der Waals surface area contributed by atoms with Crippen molar-refractivity contribution in [3.05, 3.63) is 95.7 Å². The third-order valence-corrected chi connectivity index (χ3v) is 5.80. The van der Waals surface area contributed by atoms with Gasteiger partial charge in [0.05, 0.1) is 11.1 Å². The summed E-state index contributed by atoms with van der Waals surface area (Å²) < 4.78 is 40.0. The summed E-state index contributed by atoms with van der Waals surface area (Å²) in [5, 5.41) is 13.1. The molecule has 4 rings (SSSR count). The number of benzene rings is 3. The minimum atomic E-state index is -4.44. The summed E-state index contributed by atoms with van der Waals surface area (Å²) in [6, 6.07) is 19.0. The fourth-order valence-electron chi connectivity index (χ4n) is 3.98. The molecular formula is C27H23F3N2O3. The Kier molecular flexibility index (Phi) is 6.91. The third kappa shape index (κ3) is 5.54. The topological polar surface area (TPSA) is 71.3 Å². The highest BCUT2D eigenvalue weighted by molar-refractivity contribution is 6.00. The highest BCUT2D eigenvalue weighted by Gasteiger charge is 2.30. The van der Waals surface area contributed by atoms with Crippen LogP contribution >= 0.6 is 0 Å². The molecule has 0 unspecified atom stereocenters. The van der Waals surface area contributed by atoms with Crippen molar-refractivity contribution < 1.29 is 27.9 Å². The zero-order valence-corrected chi connectivity index (χ0v) is 18.7. The molecule has 0 aliphatic heterocycles. The van der Waals surface area contributed by atoms with E-state index in [1.165, 1.54) is 0 Å². The monoisotopic (exact) mass is 480 g/mol. The Morgan fingerprint density at radius 2 is 1.57 bits per heavy atom. The van der Waals surface area contributed by atoms with E-state index in [2.05, 4.69) is 5.32 Å². The number of fused-ring (bicyclic) bond motifs is 1. The van der Waals surface area contributed by atoms with Crippen molar-refractivity contribution in [2.24, 2.45) is 0 Å². The summed E-state index contributed by atoms with van der Waals surface area (Å²) in [7, 11) is 0. The summed E-state index contributed by atoms with van der Waals surface area (Å²) in [4.78, 5) is 23.7. The van der Waals surface area contributed by atoms with Crippen molar-refractivity contribution in [1.82, 2.24) is 9.88 Å². The molecule has 0 fully saturated rings. The number of alkyl halides is 3. The summed E-state index contributed by atoms with van der Waals surface area (Å²) >= 11 is 0. The van der Waals surface area contributed by atoms with Gasteiger partial charge in [-0.1, -0.05) is 36.4 Å². The van der Waals surface area contributed by atoms with E-state index >= 15 is 0 Å². The number of carbonyl (C=O) groups is 2. The Bertz CT molecular complexity index is 1340. The maximum atomic E-state index is 12.7. The second-order valence-corrected chi connectivity index (χ2v) is 8.18. The summed E-state index contributed by atoms with van der Waals surface area (Å²) in [5.41, 5.74) is 2.44. The largest absolute Gasteiger partial charge is 0.478 e. The first-order valence-corrected chi connectivity index (χ1v) is 11.1. The van der Waals surface area contributed by atoms with Gasteiger partial charge < -0.3 is 15.0 Å². The first-order valence-electron chi connectivity index (χ1n) is 11.1. The van der Waals surface area contributed by atoms with E-state index in [9.17, 15) is 27.9 Å². The highest BCUT2D eigenvalue weighted by Crippen LogP contribution is 2.32. The molecule has 0 bridgehead atoms. The van der Waals surface area contributed by atoms with E-state index in [0.29, 0.717) is 25.9 Å². The molecule has 4 aromatic rings. The lowest BCUT2D eigenvalue weighted by Crippen LogP contribution is -2.24. The lowest BCUT2D eigenvalue weighted by molar-refractivity contribution is -0.137. The van der Waals surface area contributed by atoms with Crippen LogP contribution in [0.1, 0.15) is 39.1 Å². The van der Waals surface area contributed by atoms with Crippen LogP contribution in [0.2, 0.25) is 0 Å². The van der Waals surface area contributed by atoms with Gasteiger partial charge in [-0.15, -0.1) is 0 Å². The van der Waals surface area contributed by atoms with Crippen molar-refractivity contribution in [2.75, 3.05) is 6.54 Å².